The number of aliphatic hydroxyl groups is 1. The van der Waals surface area contributed by atoms with Gasteiger partial charge in [-0.15, -0.1) is 0 Å². The smallest absolute Gasteiger partial charge is 0.247 e. The molecule has 1 aliphatic carbocycles. The number of nitrogens with zero attached hydrogens (tertiary/aromatic N) is 1. The quantitative estimate of drug-likeness (QED) is 0.799. The second-order valence-corrected chi connectivity index (χ2v) is 6.84. The number of carbonyl (C=O) groups excluding carboxylic acids is 2. The van der Waals surface area contributed by atoms with E-state index in [1.54, 1.807) is 7.05 Å². The molecule has 5 nitrogen and oxygen atoms in total. The summed E-state index contributed by atoms with van der Waals surface area (Å²) in [4.78, 5) is 27.0. The van der Waals surface area contributed by atoms with Crippen LogP contribution < -0.4 is 5.32 Å². The molecule has 0 saturated heterocycles. The summed E-state index contributed by atoms with van der Waals surface area (Å²) < 4.78 is 0. The van der Waals surface area contributed by atoms with E-state index in [1.165, 1.54) is 4.90 Å². The standard InChI is InChI=1S/C21H24N2O3/c1-23(14-16-8-4-2-5-9-16)19(25)18(15-24)22-20(26)21(12-13-21)17-10-6-3-7-11-17/h2-11,18,24H,12-15H2,1H3,(H,22,26)/t18-/m0/s1. The van der Waals surface area contributed by atoms with Crippen LogP contribution in [-0.4, -0.2) is 41.5 Å². The van der Waals surface area contributed by atoms with Gasteiger partial charge in [0.1, 0.15) is 6.04 Å². The van der Waals surface area contributed by atoms with Gasteiger partial charge in [-0.05, 0) is 24.0 Å². The fourth-order valence-corrected chi connectivity index (χ4v) is 3.21. The van der Waals surface area contributed by atoms with Crippen molar-refractivity contribution in [2.45, 2.75) is 30.8 Å². The molecule has 0 bridgehead atoms. The van der Waals surface area contributed by atoms with E-state index < -0.39 is 18.1 Å². The molecule has 0 heterocycles. The normalized spacial score (nSPS) is 15.8. The highest BCUT2D eigenvalue weighted by atomic mass is 16.3. The average Bonchev–Trinajstić information content (AvgIpc) is 3.49. The Labute approximate surface area is 153 Å². The molecule has 2 amide bonds. The molecule has 2 aromatic carbocycles. The molecule has 1 atom stereocenters. The number of likely N-dealkylation sites (N-methyl/N-ethyl adjacent to an activating group) is 1. The van der Waals surface area contributed by atoms with Gasteiger partial charge in [0, 0.05) is 13.6 Å². The summed E-state index contributed by atoms with van der Waals surface area (Å²) in [5.41, 5.74) is 1.39. The maximum Gasteiger partial charge on any atom is 0.247 e. The first-order valence-corrected chi connectivity index (χ1v) is 8.83. The fourth-order valence-electron chi connectivity index (χ4n) is 3.21. The number of nitrogens with one attached hydrogen (secondary N) is 1. The van der Waals surface area contributed by atoms with Crippen LogP contribution in [0.3, 0.4) is 0 Å². The summed E-state index contributed by atoms with van der Waals surface area (Å²) >= 11 is 0. The van der Waals surface area contributed by atoms with E-state index in [-0.39, 0.29) is 11.8 Å². The molecule has 0 aliphatic heterocycles. The van der Waals surface area contributed by atoms with Gasteiger partial charge in [0.15, 0.2) is 0 Å². The lowest BCUT2D eigenvalue weighted by Crippen LogP contribution is -2.51. The number of aliphatic hydroxyl groups excluding tert-OH is 1. The summed E-state index contributed by atoms with van der Waals surface area (Å²) in [5.74, 6) is -0.488. The van der Waals surface area contributed by atoms with E-state index in [0.29, 0.717) is 6.54 Å². The zero-order chi connectivity index (χ0) is 18.6. The van der Waals surface area contributed by atoms with Gasteiger partial charge in [-0.2, -0.15) is 0 Å². The molecular weight excluding hydrogens is 328 g/mol. The van der Waals surface area contributed by atoms with Crippen LogP contribution in [0.4, 0.5) is 0 Å². The average molecular weight is 352 g/mol. The maximum absolute atomic E-state index is 12.8. The molecule has 0 aromatic heterocycles. The first-order chi connectivity index (χ1) is 12.6. The molecule has 0 spiro atoms. The molecule has 0 unspecified atom stereocenters. The van der Waals surface area contributed by atoms with Crippen molar-refractivity contribution in [1.29, 1.82) is 0 Å². The van der Waals surface area contributed by atoms with Gasteiger partial charge in [0.05, 0.1) is 12.0 Å². The molecule has 5 heteroatoms. The Morgan fingerprint density at radius 3 is 2.19 bits per heavy atom. The predicted octanol–water partition coefficient (Wildman–Crippen LogP) is 1.85. The molecule has 3 rings (SSSR count). The summed E-state index contributed by atoms with van der Waals surface area (Å²) in [7, 11) is 1.67. The summed E-state index contributed by atoms with van der Waals surface area (Å²) in [6.07, 6.45) is 1.52. The van der Waals surface area contributed by atoms with Crippen LogP contribution in [0.2, 0.25) is 0 Å². The van der Waals surface area contributed by atoms with Crippen LogP contribution in [0.15, 0.2) is 60.7 Å². The van der Waals surface area contributed by atoms with Crippen molar-refractivity contribution in [2.75, 3.05) is 13.7 Å². The van der Waals surface area contributed by atoms with Gasteiger partial charge in [-0.25, -0.2) is 0 Å². The minimum absolute atomic E-state index is 0.191. The van der Waals surface area contributed by atoms with Gasteiger partial charge in [-0.3, -0.25) is 9.59 Å². The summed E-state index contributed by atoms with van der Waals surface area (Å²) in [6.45, 7) is 0.00441. The number of benzene rings is 2. The third kappa shape index (κ3) is 3.78. The van der Waals surface area contributed by atoms with E-state index in [2.05, 4.69) is 5.32 Å². The largest absolute Gasteiger partial charge is 0.394 e. The molecule has 1 saturated carbocycles. The maximum atomic E-state index is 12.8. The van der Waals surface area contributed by atoms with Gasteiger partial charge in [-0.1, -0.05) is 60.7 Å². The van der Waals surface area contributed by atoms with Crippen LogP contribution in [0.25, 0.3) is 0 Å². The van der Waals surface area contributed by atoms with E-state index >= 15 is 0 Å². The topological polar surface area (TPSA) is 69.6 Å². The first kappa shape index (κ1) is 18.1. The van der Waals surface area contributed by atoms with Gasteiger partial charge in [0.25, 0.3) is 0 Å². The molecule has 0 radical (unpaired) electrons. The van der Waals surface area contributed by atoms with Gasteiger partial charge in [0.2, 0.25) is 11.8 Å². The van der Waals surface area contributed by atoms with Crippen LogP contribution in [0.5, 0.6) is 0 Å². The lowest BCUT2D eigenvalue weighted by Gasteiger charge is -2.25. The molecule has 26 heavy (non-hydrogen) atoms. The van der Waals surface area contributed by atoms with Gasteiger partial charge >= 0.3 is 0 Å². The Hall–Kier alpha value is -2.66. The third-order valence-corrected chi connectivity index (χ3v) is 4.94. The second-order valence-electron chi connectivity index (χ2n) is 6.84. The van der Waals surface area contributed by atoms with E-state index in [0.717, 1.165) is 24.0 Å². The van der Waals surface area contributed by atoms with Crippen LogP contribution >= 0.6 is 0 Å². The Bertz CT molecular complexity index is 757. The van der Waals surface area contributed by atoms with E-state index in [4.69, 9.17) is 0 Å². The number of amides is 2. The minimum Gasteiger partial charge on any atom is -0.394 e. The van der Waals surface area contributed by atoms with Crippen molar-refractivity contribution < 1.29 is 14.7 Å². The number of hydrogen-bond acceptors (Lipinski definition) is 3. The highest BCUT2D eigenvalue weighted by Gasteiger charge is 2.51. The molecule has 136 valence electrons. The van der Waals surface area contributed by atoms with Crippen LogP contribution in [0, 0.1) is 0 Å². The Morgan fingerprint density at radius 2 is 1.65 bits per heavy atom. The molecular formula is C21H24N2O3. The van der Waals surface area contributed by atoms with Crippen molar-refractivity contribution >= 4 is 11.8 Å². The number of hydrogen-bond donors (Lipinski definition) is 2. The minimum atomic E-state index is -0.933. The lowest BCUT2D eigenvalue weighted by atomic mass is 9.94. The second kappa shape index (κ2) is 7.70. The zero-order valence-corrected chi connectivity index (χ0v) is 14.9. The molecule has 2 N–H and O–H groups in total. The predicted molar refractivity (Wildman–Crippen MR) is 99.3 cm³/mol. The van der Waals surface area contributed by atoms with Crippen molar-refractivity contribution in [3.8, 4) is 0 Å². The number of carbonyl (C=O) groups is 2. The summed E-state index contributed by atoms with van der Waals surface area (Å²) in [5, 5.41) is 12.4. The zero-order valence-electron chi connectivity index (χ0n) is 14.9. The number of rotatable bonds is 7. The Balaban J connectivity index is 1.65. The highest BCUT2D eigenvalue weighted by molar-refractivity contribution is 5.95. The van der Waals surface area contributed by atoms with E-state index in [1.807, 2.05) is 60.7 Å². The SMILES string of the molecule is CN(Cc1ccccc1)C(=O)[C@H](CO)NC(=O)C1(c2ccccc2)CC1. The van der Waals surface area contributed by atoms with Crippen LogP contribution in [-0.2, 0) is 21.5 Å². The molecule has 1 aliphatic rings. The van der Waals surface area contributed by atoms with Gasteiger partial charge < -0.3 is 15.3 Å². The highest BCUT2D eigenvalue weighted by Crippen LogP contribution is 2.48. The fraction of sp³-hybridized carbons (Fsp3) is 0.333. The molecule has 2 aromatic rings. The van der Waals surface area contributed by atoms with E-state index in [9.17, 15) is 14.7 Å². The first-order valence-electron chi connectivity index (χ1n) is 8.83. The van der Waals surface area contributed by atoms with Crippen molar-refractivity contribution in [3.05, 3.63) is 71.8 Å². The van der Waals surface area contributed by atoms with Crippen LogP contribution in [0.1, 0.15) is 24.0 Å². The van der Waals surface area contributed by atoms with Crippen molar-refractivity contribution in [1.82, 2.24) is 10.2 Å². The van der Waals surface area contributed by atoms with Crippen molar-refractivity contribution in [3.63, 3.8) is 0 Å². The monoisotopic (exact) mass is 352 g/mol. The summed E-state index contributed by atoms with van der Waals surface area (Å²) in [6, 6.07) is 18.3. The Morgan fingerprint density at radius 1 is 1.08 bits per heavy atom. The Kier molecular flexibility index (Phi) is 5.38. The molecule has 1 fully saturated rings. The lowest BCUT2D eigenvalue weighted by molar-refractivity contribution is -0.137. The third-order valence-electron chi connectivity index (χ3n) is 4.94. The van der Waals surface area contributed by atoms with Crippen molar-refractivity contribution in [2.24, 2.45) is 0 Å².